The summed E-state index contributed by atoms with van der Waals surface area (Å²) in [5, 5.41) is 3.22. The first-order valence-electron chi connectivity index (χ1n) is 9.88. The molecule has 0 saturated heterocycles. The molecule has 0 radical (unpaired) electrons. The van der Waals surface area contributed by atoms with Crippen LogP contribution in [0.5, 0.6) is 0 Å². The summed E-state index contributed by atoms with van der Waals surface area (Å²) in [6.45, 7) is 4.65. The van der Waals surface area contributed by atoms with Gasteiger partial charge in [0.05, 0.1) is 5.69 Å². The van der Waals surface area contributed by atoms with Crippen LogP contribution in [0.4, 0.5) is 0 Å². The Labute approximate surface area is 154 Å². The maximum Gasteiger partial charge on any atom is 0.255 e. The molecule has 5 heteroatoms. The van der Waals surface area contributed by atoms with Crippen molar-refractivity contribution < 1.29 is 9.59 Å². The second-order valence-corrected chi connectivity index (χ2v) is 7.87. The van der Waals surface area contributed by atoms with E-state index in [0.29, 0.717) is 13.0 Å². The van der Waals surface area contributed by atoms with Crippen LogP contribution in [0.25, 0.3) is 5.57 Å². The Bertz CT molecular complexity index is 765. The summed E-state index contributed by atoms with van der Waals surface area (Å²) in [7, 11) is 0. The van der Waals surface area contributed by atoms with Crippen molar-refractivity contribution in [1.82, 2.24) is 15.2 Å². The van der Waals surface area contributed by atoms with E-state index in [9.17, 15) is 9.59 Å². The highest BCUT2D eigenvalue weighted by Gasteiger charge is 2.41. The minimum Gasteiger partial charge on any atom is -0.352 e. The number of carbonyl (C=O) groups excluding carboxylic acids is 2. The SMILES string of the molecule is CC[C@H](C)[C@H](C(=O)NC1CCCC1)N1Cc2ccnc3c2C(=CC3)C1=O. The maximum absolute atomic E-state index is 13.2. The van der Waals surface area contributed by atoms with Gasteiger partial charge in [-0.15, -0.1) is 0 Å². The molecule has 1 N–H and O–H groups in total. The van der Waals surface area contributed by atoms with E-state index < -0.39 is 6.04 Å². The molecule has 5 nitrogen and oxygen atoms in total. The summed E-state index contributed by atoms with van der Waals surface area (Å²) in [6.07, 6.45) is 9.81. The highest BCUT2D eigenvalue weighted by molar-refractivity contribution is 6.23. The van der Waals surface area contributed by atoms with Crippen LogP contribution in [-0.2, 0) is 22.6 Å². The standard InChI is InChI=1S/C21H27N3O2/c1-3-13(2)19(20(25)23-15-6-4-5-7-15)24-12-14-10-11-22-17-9-8-16(18(14)17)21(24)26/h8,10-11,13,15,19H,3-7,9,12H2,1-2H3,(H,23,25)/t13-,19+/m0/s1. The lowest BCUT2D eigenvalue weighted by molar-refractivity contribution is -0.140. The molecule has 1 saturated carbocycles. The van der Waals surface area contributed by atoms with Crippen molar-refractivity contribution in [3.63, 3.8) is 0 Å². The quantitative estimate of drug-likeness (QED) is 0.885. The van der Waals surface area contributed by atoms with Gasteiger partial charge in [0.15, 0.2) is 0 Å². The maximum atomic E-state index is 13.2. The topological polar surface area (TPSA) is 62.3 Å². The summed E-state index contributed by atoms with van der Waals surface area (Å²) in [4.78, 5) is 32.5. The highest BCUT2D eigenvalue weighted by Crippen LogP contribution is 2.37. The molecule has 2 atom stereocenters. The Morgan fingerprint density at radius 1 is 1.38 bits per heavy atom. The molecule has 1 fully saturated rings. The molecule has 3 aliphatic rings. The van der Waals surface area contributed by atoms with Gasteiger partial charge in [-0.25, -0.2) is 0 Å². The Morgan fingerprint density at radius 3 is 2.88 bits per heavy atom. The zero-order valence-corrected chi connectivity index (χ0v) is 15.6. The first kappa shape index (κ1) is 17.3. The van der Waals surface area contributed by atoms with E-state index in [1.165, 1.54) is 12.8 Å². The van der Waals surface area contributed by atoms with Gasteiger partial charge in [-0.05, 0) is 30.4 Å². The van der Waals surface area contributed by atoms with Crippen molar-refractivity contribution in [3.8, 4) is 0 Å². The molecule has 0 unspecified atom stereocenters. The fraction of sp³-hybridized carbons (Fsp3) is 0.571. The minimum absolute atomic E-state index is 0.0101. The third-order valence-corrected chi connectivity index (χ3v) is 6.21. The zero-order valence-electron chi connectivity index (χ0n) is 15.6. The van der Waals surface area contributed by atoms with E-state index in [1.807, 2.05) is 18.3 Å². The third kappa shape index (κ3) is 2.83. The van der Waals surface area contributed by atoms with Crippen LogP contribution in [-0.4, -0.2) is 33.8 Å². The van der Waals surface area contributed by atoms with Gasteiger partial charge in [-0.1, -0.05) is 39.2 Å². The van der Waals surface area contributed by atoms with E-state index in [-0.39, 0.29) is 23.8 Å². The van der Waals surface area contributed by atoms with E-state index in [2.05, 4.69) is 24.1 Å². The number of aromatic nitrogens is 1. The predicted molar refractivity (Wildman–Crippen MR) is 100 cm³/mol. The average molecular weight is 353 g/mol. The van der Waals surface area contributed by atoms with Crippen LogP contribution in [0.3, 0.4) is 0 Å². The average Bonchev–Trinajstić information content (AvgIpc) is 3.29. The molecule has 1 aliphatic heterocycles. The number of allylic oxidation sites excluding steroid dienone is 1. The third-order valence-electron chi connectivity index (χ3n) is 6.21. The number of hydrogen-bond donors (Lipinski definition) is 1. The number of nitrogens with one attached hydrogen (secondary N) is 1. The van der Waals surface area contributed by atoms with E-state index in [0.717, 1.165) is 41.7 Å². The number of hydrogen-bond acceptors (Lipinski definition) is 3. The molecule has 2 amide bonds. The molecule has 26 heavy (non-hydrogen) atoms. The lowest BCUT2D eigenvalue weighted by atomic mass is 9.90. The van der Waals surface area contributed by atoms with Crippen LogP contribution in [0.1, 0.15) is 62.8 Å². The molecule has 0 bridgehead atoms. The van der Waals surface area contributed by atoms with Crippen LogP contribution in [0.15, 0.2) is 18.3 Å². The predicted octanol–water partition coefficient (Wildman–Crippen LogP) is 2.84. The molecule has 1 aromatic rings. The first-order valence-corrected chi connectivity index (χ1v) is 9.88. The Hall–Kier alpha value is -2.17. The summed E-state index contributed by atoms with van der Waals surface area (Å²) in [5.41, 5.74) is 3.84. The molecular weight excluding hydrogens is 326 g/mol. The molecule has 1 aromatic heterocycles. The molecule has 2 heterocycles. The number of carbonyl (C=O) groups is 2. The van der Waals surface area contributed by atoms with Crippen molar-refractivity contribution in [1.29, 1.82) is 0 Å². The molecule has 0 spiro atoms. The smallest absolute Gasteiger partial charge is 0.255 e. The van der Waals surface area contributed by atoms with Crippen molar-refractivity contribution in [3.05, 3.63) is 35.2 Å². The van der Waals surface area contributed by atoms with Crippen molar-refractivity contribution >= 4 is 17.4 Å². The molecule has 2 aliphatic carbocycles. The van der Waals surface area contributed by atoms with Crippen molar-refractivity contribution in [2.45, 2.75) is 71.0 Å². The van der Waals surface area contributed by atoms with Gasteiger partial charge in [-0.3, -0.25) is 14.6 Å². The lowest BCUT2D eigenvalue weighted by Crippen LogP contribution is -2.55. The highest BCUT2D eigenvalue weighted by atomic mass is 16.2. The van der Waals surface area contributed by atoms with E-state index in [1.54, 1.807) is 4.90 Å². The summed E-state index contributed by atoms with van der Waals surface area (Å²) in [6, 6.07) is 1.84. The number of amides is 2. The first-order chi connectivity index (χ1) is 12.6. The van der Waals surface area contributed by atoms with Crippen LogP contribution >= 0.6 is 0 Å². The number of pyridine rings is 1. The van der Waals surface area contributed by atoms with Crippen LogP contribution in [0.2, 0.25) is 0 Å². The van der Waals surface area contributed by atoms with Crippen LogP contribution < -0.4 is 5.32 Å². The molecule has 4 rings (SSSR count). The summed E-state index contributed by atoms with van der Waals surface area (Å²) >= 11 is 0. The summed E-state index contributed by atoms with van der Waals surface area (Å²) in [5.74, 6) is 0.109. The number of nitrogens with zero attached hydrogens (tertiary/aromatic N) is 2. The monoisotopic (exact) mass is 353 g/mol. The fourth-order valence-electron chi connectivity index (χ4n) is 4.58. The lowest BCUT2D eigenvalue weighted by Gasteiger charge is -2.38. The zero-order chi connectivity index (χ0) is 18.3. The molecule has 138 valence electrons. The van der Waals surface area contributed by atoms with Gasteiger partial charge in [0.25, 0.3) is 5.91 Å². The normalized spacial score (nSPS) is 21.4. The minimum atomic E-state index is -0.417. The van der Waals surface area contributed by atoms with Gasteiger partial charge >= 0.3 is 0 Å². The van der Waals surface area contributed by atoms with Gasteiger partial charge in [0.1, 0.15) is 6.04 Å². The molecular formula is C21H27N3O2. The Balaban J connectivity index is 1.64. The van der Waals surface area contributed by atoms with E-state index in [4.69, 9.17) is 0 Å². The summed E-state index contributed by atoms with van der Waals surface area (Å²) < 4.78 is 0. The second-order valence-electron chi connectivity index (χ2n) is 7.87. The fourth-order valence-corrected chi connectivity index (χ4v) is 4.58. The number of rotatable bonds is 5. The van der Waals surface area contributed by atoms with Crippen LogP contribution in [0, 0.1) is 5.92 Å². The van der Waals surface area contributed by atoms with Crippen molar-refractivity contribution in [2.75, 3.05) is 0 Å². The van der Waals surface area contributed by atoms with E-state index >= 15 is 0 Å². The van der Waals surface area contributed by atoms with Crippen molar-refractivity contribution in [2.24, 2.45) is 5.92 Å². The second kappa shape index (κ2) is 6.86. The molecule has 0 aromatic carbocycles. The Morgan fingerprint density at radius 2 is 2.15 bits per heavy atom. The largest absolute Gasteiger partial charge is 0.352 e. The van der Waals surface area contributed by atoms with Gasteiger partial charge in [0.2, 0.25) is 5.91 Å². The Kier molecular flexibility index (Phi) is 4.55. The van der Waals surface area contributed by atoms with Gasteiger partial charge in [-0.2, -0.15) is 0 Å². The van der Waals surface area contributed by atoms with Gasteiger partial charge < -0.3 is 10.2 Å². The van der Waals surface area contributed by atoms with Gasteiger partial charge in [0, 0.05) is 36.3 Å².